The Labute approximate surface area is 86.9 Å². The first-order valence-corrected chi connectivity index (χ1v) is 4.85. The van der Waals surface area contributed by atoms with Gasteiger partial charge in [-0.1, -0.05) is 0 Å². The molecule has 2 N–H and O–H groups in total. The molecule has 0 aromatic rings. The van der Waals surface area contributed by atoms with Crippen LogP contribution < -0.4 is 5.43 Å². The third-order valence-corrected chi connectivity index (χ3v) is 2.50. The van der Waals surface area contributed by atoms with Crippen molar-refractivity contribution in [2.24, 2.45) is 5.10 Å². The molecule has 2 aliphatic rings. The van der Waals surface area contributed by atoms with Crippen LogP contribution in [0.15, 0.2) is 5.10 Å². The lowest BCUT2D eigenvalue weighted by atomic mass is 9.96. The summed E-state index contributed by atoms with van der Waals surface area (Å²) in [5, 5.41) is 13.2. The first-order valence-electron chi connectivity index (χ1n) is 4.85. The molecule has 0 aromatic carbocycles. The molecule has 82 valence electrons. The van der Waals surface area contributed by atoms with Gasteiger partial charge in [-0.3, -0.25) is 9.59 Å². The van der Waals surface area contributed by atoms with Gasteiger partial charge in [0.2, 0.25) is 5.91 Å². The van der Waals surface area contributed by atoms with Crippen LogP contribution in [0.5, 0.6) is 0 Å². The highest BCUT2D eigenvalue weighted by atomic mass is 16.3. The zero-order valence-corrected chi connectivity index (χ0v) is 8.49. The van der Waals surface area contributed by atoms with Crippen molar-refractivity contribution in [1.82, 2.24) is 10.3 Å². The van der Waals surface area contributed by atoms with E-state index in [1.807, 2.05) is 0 Å². The number of carbonyl (C=O) groups excluding carboxylic acids is 2. The summed E-state index contributed by atoms with van der Waals surface area (Å²) in [5.41, 5.74) is 1.87. The van der Waals surface area contributed by atoms with Gasteiger partial charge in [0.25, 0.3) is 5.91 Å². The summed E-state index contributed by atoms with van der Waals surface area (Å²) < 4.78 is 0. The Balaban J connectivity index is 1.95. The molecular formula is C9H13N3O3. The van der Waals surface area contributed by atoms with Crippen molar-refractivity contribution in [3.63, 3.8) is 0 Å². The minimum absolute atomic E-state index is 0.165. The van der Waals surface area contributed by atoms with Crippen molar-refractivity contribution in [1.29, 1.82) is 0 Å². The second-order valence-corrected chi connectivity index (χ2v) is 4.25. The van der Waals surface area contributed by atoms with E-state index in [0.29, 0.717) is 31.6 Å². The number of hydrogen-bond donors (Lipinski definition) is 2. The molecule has 2 rings (SSSR count). The van der Waals surface area contributed by atoms with Crippen LogP contribution in [0.3, 0.4) is 0 Å². The molecule has 1 fully saturated rings. The molecule has 0 aliphatic carbocycles. The molecule has 2 heterocycles. The molecule has 0 atom stereocenters. The van der Waals surface area contributed by atoms with E-state index in [9.17, 15) is 14.7 Å². The number of amides is 2. The molecular weight excluding hydrogens is 198 g/mol. The van der Waals surface area contributed by atoms with Crippen molar-refractivity contribution in [2.45, 2.75) is 25.4 Å². The molecule has 6 heteroatoms. The van der Waals surface area contributed by atoms with Gasteiger partial charge in [-0.05, 0) is 6.92 Å². The maximum absolute atomic E-state index is 11.7. The molecule has 2 aliphatic heterocycles. The first kappa shape index (κ1) is 10.1. The van der Waals surface area contributed by atoms with Gasteiger partial charge < -0.3 is 10.0 Å². The number of hydrogen-bond acceptors (Lipinski definition) is 4. The Hall–Kier alpha value is -1.43. The Bertz CT molecular complexity index is 341. The summed E-state index contributed by atoms with van der Waals surface area (Å²) >= 11 is 0. The van der Waals surface area contributed by atoms with Gasteiger partial charge in [0, 0.05) is 12.8 Å². The van der Waals surface area contributed by atoms with Gasteiger partial charge in [0.1, 0.15) is 5.71 Å². The summed E-state index contributed by atoms with van der Waals surface area (Å²) in [6, 6.07) is 0. The third kappa shape index (κ3) is 1.99. The Morgan fingerprint density at radius 1 is 1.53 bits per heavy atom. The number of carbonyl (C=O) groups is 2. The van der Waals surface area contributed by atoms with Crippen molar-refractivity contribution < 1.29 is 14.7 Å². The highest BCUT2D eigenvalue weighted by Crippen LogP contribution is 2.20. The van der Waals surface area contributed by atoms with Crippen LogP contribution in [-0.4, -0.2) is 46.2 Å². The molecule has 0 bridgehead atoms. The minimum atomic E-state index is -0.770. The molecule has 0 saturated carbocycles. The largest absolute Gasteiger partial charge is 0.386 e. The zero-order chi connectivity index (χ0) is 11.1. The summed E-state index contributed by atoms with van der Waals surface area (Å²) in [5.74, 6) is -0.358. The zero-order valence-electron chi connectivity index (χ0n) is 8.49. The van der Waals surface area contributed by atoms with E-state index in [4.69, 9.17) is 0 Å². The maximum atomic E-state index is 11.7. The van der Waals surface area contributed by atoms with Gasteiger partial charge in [-0.2, -0.15) is 5.10 Å². The van der Waals surface area contributed by atoms with Crippen LogP contribution in [0.1, 0.15) is 19.8 Å². The lowest BCUT2D eigenvalue weighted by molar-refractivity contribution is -0.145. The van der Waals surface area contributed by atoms with Crippen molar-refractivity contribution >= 4 is 17.5 Å². The van der Waals surface area contributed by atoms with Crippen LogP contribution >= 0.6 is 0 Å². The van der Waals surface area contributed by atoms with Gasteiger partial charge >= 0.3 is 0 Å². The number of β-amino-alcohol motifs (C(OH)–C–C–N with tert-alkyl or cyclic N) is 1. The molecule has 0 aromatic heterocycles. The van der Waals surface area contributed by atoms with Crippen LogP contribution in [0.25, 0.3) is 0 Å². The van der Waals surface area contributed by atoms with E-state index >= 15 is 0 Å². The predicted octanol–water partition coefficient (Wildman–Crippen LogP) is -1.15. The van der Waals surface area contributed by atoms with Crippen molar-refractivity contribution in [3.05, 3.63) is 0 Å². The van der Waals surface area contributed by atoms with E-state index < -0.39 is 5.60 Å². The molecule has 0 unspecified atom stereocenters. The lowest BCUT2D eigenvalue weighted by Gasteiger charge is -2.44. The topological polar surface area (TPSA) is 82.0 Å². The predicted molar refractivity (Wildman–Crippen MR) is 52.0 cm³/mol. The van der Waals surface area contributed by atoms with Crippen molar-refractivity contribution in [3.8, 4) is 0 Å². The first-order chi connectivity index (χ1) is 6.98. The molecule has 1 saturated heterocycles. The fourth-order valence-corrected chi connectivity index (χ4v) is 1.73. The number of nitrogens with one attached hydrogen (secondary N) is 1. The van der Waals surface area contributed by atoms with Crippen LogP contribution in [-0.2, 0) is 9.59 Å². The Kier molecular flexibility index (Phi) is 2.22. The normalized spacial score (nSPS) is 24.0. The average Bonchev–Trinajstić information content (AvgIpc) is 2.14. The van der Waals surface area contributed by atoms with Gasteiger partial charge in [0.15, 0.2) is 0 Å². The maximum Gasteiger partial charge on any atom is 0.270 e. The van der Waals surface area contributed by atoms with Gasteiger partial charge in [-0.25, -0.2) is 5.43 Å². The molecule has 15 heavy (non-hydrogen) atoms. The van der Waals surface area contributed by atoms with E-state index in [1.165, 1.54) is 4.90 Å². The second-order valence-electron chi connectivity index (χ2n) is 4.25. The number of aliphatic hydroxyl groups is 1. The van der Waals surface area contributed by atoms with E-state index in [0.717, 1.165) is 0 Å². The highest BCUT2D eigenvalue weighted by Gasteiger charge is 2.40. The lowest BCUT2D eigenvalue weighted by Crippen LogP contribution is -2.63. The van der Waals surface area contributed by atoms with Crippen LogP contribution in [0.2, 0.25) is 0 Å². The summed E-state index contributed by atoms with van der Waals surface area (Å²) in [7, 11) is 0. The summed E-state index contributed by atoms with van der Waals surface area (Å²) in [6.07, 6.45) is 0.679. The highest BCUT2D eigenvalue weighted by molar-refractivity contribution is 6.39. The van der Waals surface area contributed by atoms with E-state index in [1.54, 1.807) is 6.92 Å². The molecule has 2 amide bonds. The minimum Gasteiger partial charge on any atom is -0.386 e. The van der Waals surface area contributed by atoms with Crippen LogP contribution in [0.4, 0.5) is 0 Å². The number of hydrazone groups is 1. The standard InChI is InChI=1S/C9H13N3O3/c1-9(15)4-12(5-9)8(14)6-2-3-7(13)11-10-6/h15H,2-5H2,1H3,(H,11,13). The Morgan fingerprint density at radius 3 is 2.67 bits per heavy atom. The van der Waals surface area contributed by atoms with E-state index in [2.05, 4.69) is 10.5 Å². The Morgan fingerprint density at radius 2 is 2.20 bits per heavy atom. The molecule has 0 radical (unpaired) electrons. The van der Waals surface area contributed by atoms with Gasteiger partial charge in [0.05, 0.1) is 18.7 Å². The fourth-order valence-electron chi connectivity index (χ4n) is 1.73. The quantitative estimate of drug-likeness (QED) is 0.574. The third-order valence-electron chi connectivity index (χ3n) is 2.50. The second kappa shape index (κ2) is 3.30. The smallest absolute Gasteiger partial charge is 0.270 e. The summed E-state index contributed by atoms with van der Waals surface area (Å²) in [4.78, 5) is 24.0. The van der Waals surface area contributed by atoms with Crippen molar-refractivity contribution in [2.75, 3.05) is 13.1 Å². The van der Waals surface area contributed by atoms with E-state index in [-0.39, 0.29) is 11.8 Å². The molecule has 0 spiro atoms. The van der Waals surface area contributed by atoms with Gasteiger partial charge in [-0.15, -0.1) is 0 Å². The number of rotatable bonds is 1. The average molecular weight is 211 g/mol. The molecule has 6 nitrogen and oxygen atoms in total. The fraction of sp³-hybridized carbons (Fsp3) is 0.667. The van der Waals surface area contributed by atoms with Crippen LogP contribution in [0, 0.1) is 0 Å². The summed E-state index contributed by atoms with van der Waals surface area (Å²) in [6.45, 7) is 2.35. The number of nitrogens with zero attached hydrogens (tertiary/aromatic N) is 2. The monoisotopic (exact) mass is 211 g/mol. The SMILES string of the molecule is CC1(O)CN(C(=O)C2=NNC(=O)CC2)C1. The number of likely N-dealkylation sites (tertiary alicyclic amines) is 1.